The van der Waals surface area contributed by atoms with Crippen molar-refractivity contribution in [1.29, 1.82) is 0 Å². The molecule has 0 radical (unpaired) electrons. The van der Waals surface area contributed by atoms with Crippen molar-refractivity contribution in [2.24, 2.45) is 11.5 Å². The van der Waals surface area contributed by atoms with E-state index in [0.717, 1.165) is 0 Å². The van der Waals surface area contributed by atoms with Crippen molar-refractivity contribution in [2.45, 2.75) is 69.6 Å². The van der Waals surface area contributed by atoms with Crippen molar-refractivity contribution >= 4 is 29.7 Å². The van der Waals surface area contributed by atoms with Gasteiger partial charge in [0.25, 0.3) is 0 Å². The van der Waals surface area contributed by atoms with E-state index in [4.69, 9.17) is 16.6 Å². The van der Waals surface area contributed by atoms with Crippen LogP contribution in [0.25, 0.3) is 0 Å². The van der Waals surface area contributed by atoms with Crippen LogP contribution in [0.4, 0.5) is 0 Å². The number of benzene rings is 1. The number of hydrogen-bond donors (Lipinski definition) is 7. The Morgan fingerprint density at radius 2 is 1.40 bits per heavy atom. The van der Waals surface area contributed by atoms with Crippen molar-refractivity contribution in [3.8, 4) is 0 Å². The number of carbonyl (C=O) groups is 5. The summed E-state index contributed by atoms with van der Waals surface area (Å²) in [5.41, 5.74) is 11.8. The summed E-state index contributed by atoms with van der Waals surface area (Å²) in [7, 11) is 0. The largest absolute Gasteiger partial charge is 0.481 e. The van der Waals surface area contributed by atoms with Gasteiger partial charge in [0.05, 0.1) is 6.04 Å². The molecule has 12 heteroatoms. The standard InChI is InChI=1S/C23H35N5O7/c1-14(25)20(31)26-16(9-5-6-12-24)21(32)28-18(13-15-7-3-2-4-8-15)22(33)27-17(23(34)35)10-11-19(29)30/h2-4,7-8,14,16-18H,5-6,9-13,24-25H2,1H3,(H,26,31)(H,27,33)(H,28,32)(H,29,30)(H,34,35). The number of nitrogens with two attached hydrogens (primary N) is 2. The summed E-state index contributed by atoms with van der Waals surface area (Å²) in [6, 6.07) is 4.29. The second-order valence-corrected chi connectivity index (χ2v) is 8.22. The highest BCUT2D eigenvalue weighted by molar-refractivity contribution is 5.94. The number of unbranched alkanes of at least 4 members (excludes halogenated alkanes) is 1. The Kier molecular flexibility index (Phi) is 13.0. The maximum absolute atomic E-state index is 13.1. The number of amides is 3. The molecule has 3 amide bonds. The van der Waals surface area contributed by atoms with Gasteiger partial charge in [-0.05, 0) is 44.7 Å². The summed E-state index contributed by atoms with van der Waals surface area (Å²) >= 11 is 0. The lowest BCUT2D eigenvalue weighted by molar-refractivity contribution is -0.143. The summed E-state index contributed by atoms with van der Waals surface area (Å²) in [6.45, 7) is 1.88. The first kappa shape index (κ1) is 29.5. The predicted molar refractivity (Wildman–Crippen MR) is 127 cm³/mol. The number of aliphatic carboxylic acids is 2. The van der Waals surface area contributed by atoms with E-state index < -0.39 is 60.2 Å². The van der Waals surface area contributed by atoms with E-state index in [0.29, 0.717) is 24.9 Å². The third kappa shape index (κ3) is 11.5. The van der Waals surface area contributed by atoms with Crippen LogP contribution in [-0.2, 0) is 30.4 Å². The minimum Gasteiger partial charge on any atom is -0.481 e. The van der Waals surface area contributed by atoms with Gasteiger partial charge in [0.2, 0.25) is 17.7 Å². The molecular weight excluding hydrogens is 458 g/mol. The van der Waals surface area contributed by atoms with Crippen molar-refractivity contribution in [3.05, 3.63) is 35.9 Å². The van der Waals surface area contributed by atoms with E-state index in [1.807, 2.05) is 0 Å². The Bertz CT molecular complexity index is 863. The van der Waals surface area contributed by atoms with Gasteiger partial charge < -0.3 is 37.6 Å². The molecule has 0 spiro atoms. The summed E-state index contributed by atoms with van der Waals surface area (Å²) in [5.74, 6) is -4.57. The van der Waals surface area contributed by atoms with Crippen molar-refractivity contribution in [1.82, 2.24) is 16.0 Å². The van der Waals surface area contributed by atoms with Crippen molar-refractivity contribution in [3.63, 3.8) is 0 Å². The zero-order valence-electron chi connectivity index (χ0n) is 19.7. The molecular formula is C23H35N5O7. The molecule has 0 aliphatic carbocycles. The van der Waals surface area contributed by atoms with Gasteiger partial charge in [-0.1, -0.05) is 30.3 Å². The topological polar surface area (TPSA) is 214 Å². The molecule has 1 rings (SSSR count). The Morgan fingerprint density at radius 3 is 1.94 bits per heavy atom. The van der Waals surface area contributed by atoms with E-state index in [1.54, 1.807) is 30.3 Å². The summed E-state index contributed by atoms with van der Waals surface area (Å²) < 4.78 is 0. The predicted octanol–water partition coefficient (Wildman–Crippen LogP) is -0.891. The summed E-state index contributed by atoms with van der Waals surface area (Å²) in [5, 5.41) is 25.7. The van der Waals surface area contributed by atoms with Gasteiger partial charge in [-0.2, -0.15) is 0 Å². The van der Waals surface area contributed by atoms with Crippen LogP contribution in [0.15, 0.2) is 30.3 Å². The van der Waals surface area contributed by atoms with Crippen LogP contribution in [0.3, 0.4) is 0 Å². The highest BCUT2D eigenvalue weighted by Gasteiger charge is 2.30. The Hall–Kier alpha value is -3.51. The molecule has 0 saturated heterocycles. The lowest BCUT2D eigenvalue weighted by Crippen LogP contribution is -2.57. The lowest BCUT2D eigenvalue weighted by atomic mass is 10.0. The maximum atomic E-state index is 13.1. The molecule has 35 heavy (non-hydrogen) atoms. The molecule has 0 aliphatic rings. The van der Waals surface area contributed by atoms with Crippen LogP contribution in [-0.4, -0.2) is 70.6 Å². The fourth-order valence-corrected chi connectivity index (χ4v) is 3.19. The van der Waals surface area contributed by atoms with Crippen LogP contribution >= 0.6 is 0 Å². The number of rotatable bonds is 16. The highest BCUT2D eigenvalue weighted by atomic mass is 16.4. The first-order valence-electron chi connectivity index (χ1n) is 11.4. The van der Waals surface area contributed by atoms with Gasteiger partial charge >= 0.3 is 11.9 Å². The van der Waals surface area contributed by atoms with E-state index >= 15 is 0 Å². The summed E-state index contributed by atoms with van der Waals surface area (Å²) in [6.07, 6.45) is 0.682. The van der Waals surface area contributed by atoms with Crippen LogP contribution in [0.2, 0.25) is 0 Å². The number of carboxylic acids is 2. The Morgan fingerprint density at radius 1 is 0.829 bits per heavy atom. The first-order chi connectivity index (χ1) is 16.5. The molecule has 0 aliphatic heterocycles. The average Bonchev–Trinajstić information content (AvgIpc) is 2.80. The molecule has 0 fully saturated rings. The number of carbonyl (C=O) groups excluding carboxylic acids is 3. The first-order valence-corrected chi connectivity index (χ1v) is 11.4. The molecule has 4 atom stereocenters. The monoisotopic (exact) mass is 493 g/mol. The van der Waals surface area contributed by atoms with Crippen molar-refractivity contribution < 1.29 is 34.2 Å². The Balaban J connectivity index is 3.08. The van der Waals surface area contributed by atoms with Gasteiger partial charge in [0, 0.05) is 12.8 Å². The van der Waals surface area contributed by atoms with Gasteiger partial charge in [0.15, 0.2) is 0 Å². The molecule has 194 valence electrons. The van der Waals surface area contributed by atoms with E-state index in [-0.39, 0.29) is 19.3 Å². The molecule has 1 aromatic carbocycles. The third-order valence-electron chi connectivity index (χ3n) is 5.17. The average molecular weight is 494 g/mol. The van der Waals surface area contributed by atoms with E-state index in [2.05, 4.69) is 16.0 Å². The molecule has 9 N–H and O–H groups in total. The van der Waals surface area contributed by atoms with Crippen LogP contribution in [0, 0.1) is 0 Å². The van der Waals surface area contributed by atoms with Crippen molar-refractivity contribution in [2.75, 3.05) is 6.54 Å². The Labute approximate surface area is 203 Å². The van der Waals surface area contributed by atoms with E-state index in [9.17, 15) is 29.1 Å². The SMILES string of the molecule is CC(N)C(=O)NC(CCCCN)C(=O)NC(Cc1ccccc1)C(=O)NC(CCC(=O)O)C(=O)O. The summed E-state index contributed by atoms with van der Waals surface area (Å²) in [4.78, 5) is 60.5. The zero-order valence-corrected chi connectivity index (χ0v) is 19.7. The molecule has 0 heterocycles. The smallest absolute Gasteiger partial charge is 0.326 e. The molecule has 1 aromatic rings. The van der Waals surface area contributed by atoms with Gasteiger partial charge in [0.1, 0.15) is 18.1 Å². The number of hydrogen-bond acceptors (Lipinski definition) is 7. The van der Waals surface area contributed by atoms with Gasteiger partial charge in [-0.15, -0.1) is 0 Å². The normalized spacial score (nSPS) is 14.1. The second-order valence-electron chi connectivity index (χ2n) is 8.22. The maximum Gasteiger partial charge on any atom is 0.326 e. The highest BCUT2D eigenvalue weighted by Crippen LogP contribution is 2.08. The minimum atomic E-state index is -1.45. The lowest BCUT2D eigenvalue weighted by Gasteiger charge is -2.25. The molecule has 12 nitrogen and oxygen atoms in total. The van der Waals surface area contributed by atoms with Crippen LogP contribution in [0.1, 0.15) is 44.6 Å². The fourth-order valence-electron chi connectivity index (χ4n) is 3.19. The van der Waals surface area contributed by atoms with E-state index in [1.165, 1.54) is 6.92 Å². The van der Waals surface area contributed by atoms with Crippen LogP contribution in [0.5, 0.6) is 0 Å². The zero-order chi connectivity index (χ0) is 26.4. The fraction of sp³-hybridized carbons (Fsp3) is 0.522. The molecule has 0 saturated carbocycles. The third-order valence-corrected chi connectivity index (χ3v) is 5.17. The number of nitrogens with one attached hydrogen (secondary N) is 3. The van der Waals surface area contributed by atoms with Gasteiger partial charge in [-0.3, -0.25) is 19.2 Å². The second kappa shape index (κ2) is 15.4. The molecule has 0 aromatic heterocycles. The molecule has 0 bridgehead atoms. The quantitative estimate of drug-likeness (QED) is 0.142. The van der Waals surface area contributed by atoms with Gasteiger partial charge in [-0.25, -0.2) is 4.79 Å². The number of carboxylic acid groups (broad SMARTS) is 2. The van der Waals surface area contributed by atoms with Crippen LogP contribution < -0.4 is 27.4 Å². The molecule has 4 unspecified atom stereocenters. The minimum absolute atomic E-state index is 0.0421.